The molecule has 0 atom stereocenters. The number of piperidine rings is 1. The van der Waals surface area contributed by atoms with Crippen LogP contribution in [0.15, 0.2) is 59.5 Å². The number of aryl methyl sites for hydroxylation is 1. The Labute approximate surface area is 232 Å². The van der Waals surface area contributed by atoms with Gasteiger partial charge in [0.05, 0.1) is 38.3 Å². The van der Waals surface area contributed by atoms with Crippen LogP contribution in [-0.4, -0.2) is 32.9 Å². The number of rotatable bonds is 9. The SMILES string of the molecule is Cc1cc(Nc2ccc(Cl)c(Nc3ccccc3S(=O)(=O)C(C)C)c2)c(OC(C)C)cc1C1CCNCC1. The number of anilines is 4. The number of para-hydroxylation sites is 1. The van der Waals surface area contributed by atoms with Crippen molar-refractivity contribution in [1.82, 2.24) is 5.32 Å². The molecule has 204 valence electrons. The zero-order valence-corrected chi connectivity index (χ0v) is 24.3. The molecule has 0 radical (unpaired) electrons. The molecule has 0 amide bonds. The molecule has 3 N–H and O–H groups in total. The minimum Gasteiger partial charge on any atom is -0.489 e. The highest BCUT2D eigenvalue weighted by molar-refractivity contribution is 7.92. The third-order valence-corrected chi connectivity index (χ3v) is 9.38. The molecule has 0 spiro atoms. The largest absolute Gasteiger partial charge is 0.489 e. The van der Waals surface area contributed by atoms with Gasteiger partial charge in [-0.15, -0.1) is 0 Å². The Kier molecular flexibility index (Phi) is 8.91. The highest BCUT2D eigenvalue weighted by Crippen LogP contribution is 2.39. The highest BCUT2D eigenvalue weighted by Gasteiger charge is 2.23. The quantitative estimate of drug-likeness (QED) is 0.253. The maximum Gasteiger partial charge on any atom is 0.182 e. The van der Waals surface area contributed by atoms with Crippen molar-refractivity contribution in [3.8, 4) is 5.75 Å². The van der Waals surface area contributed by atoms with Crippen LogP contribution < -0.4 is 20.7 Å². The zero-order valence-electron chi connectivity index (χ0n) is 22.8. The van der Waals surface area contributed by atoms with Gasteiger partial charge in [-0.05, 0) is 120 Å². The third kappa shape index (κ3) is 6.45. The van der Waals surface area contributed by atoms with Crippen LogP contribution in [0.1, 0.15) is 57.6 Å². The Morgan fingerprint density at radius 3 is 2.32 bits per heavy atom. The van der Waals surface area contributed by atoms with Crippen LogP contribution in [0.25, 0.3) is 0 Å². The molecule has 3 aromatic carbocycles. The van der Waals surface area contributed by atoms with E-state index in [2.05, 4.69) is 35.0 Å². The number of hydrogen-bond acceptors (Lipinski definition) is 6. The van der Waals surface area contributed by atoms with E-state index in [1.54, 1.807) is 44.2 Å². The van der Waals surface area contributed by atoms with Gasteiger partial charge in [0, 0.05) is 5.69 Å². The number of nitrogens with one attached hydrogen (secondary N) is 3. The van der Waals surface area contributed by atoms with Crippen LogP contribution in [0.5, 0.6) is 5.75 Å². The van der Waals surface area contributed by atoms with Gasteiger partial charge in [0.15, 0.2) is 9.84 Å². The number of halogens is 1. The second-order valence-corrected chi connectivity index (χ2v) is 13.3. The van der Waals surface area contributed by atoms with Crippen molar-refractivity contribution >= 4 is 44.2 Å². The van der Waals surface area contributed by atoms with E-state index in [0.29, 0.717) is 22.3 Å². The van der Waals surface area contributed by atoms with E-state index in [9.17, 15) is 8.42 Å². The van der Waals surface area contributed by atoms with Crippen molar-refractivity contribution in [2.45, 2.75) is 69.6 Å². The zero-order chi connectivity index (χ0) is 27.4. The summed E-state index contributed by atoms with van der Waals surface area (Å²) in [4.78, 5) is 0.251. The maximum absolute atomic E-state index is 12.9. The van der Waals surface area contributed by atoms with Gasteiger partial charge in [0.2, 0.25) is 0 Å². The number of sulfone groups is 1. The fraction of sp³-hybridized carbons (Fsp3) is 0.400. The average Bonchev–Trinajstić information content (AvgIpc) is 2.88. The molecule has 4 rings (SSSR count). The molecule has 1 fully saturated rings. The van der Waals surface area contributed by atoms with E-state index < -0.39 is 15.1 Å². The molecular formula is C30H38ClN3O3S. The molecule has 6 nitrogen and oxygen atoms in total. The minimum absolute atomic E-state index is 0.0287. The predicted octanol–water partition coefficient (Wildman–Crippen LogP) is 7.57. The topological polar surface area (TPSA) is 79.5 Å². The van der Waals surface area contributed by atoms with Crippen LogP contribution in [0.4, 0.5) is 22.7 Å². The Morgan fingerprint density at radius 1 is 0.921 bits per heavy atom. The molecule has 1 aliphatic heterocycles. The second-order valence-electron chi connectivity index (χ2n) is 10.4. The van der Waals surface area contributed by atoms with Crippen LogP contribution in [0, 0.1) is 6.92 Å². The van der Waals surface area contributed by atoms with E-state index in [1.165, 1.54) is 11.1 Å². The summed E-state index contributed by atoms with van der Waals surface area (Å²) in [6, 6.07) is 16.8. The summed E-state index contributed by atoms with van der Waals surface area (Å²) < 4.78 is 32.1. The Balaban J connectivity index is 1.66. The lowest BCUT2D eigenvalue weighted by molar-refractivity contribution is 0.243. The van der Waals surface area contributed by atoms with Crippen molar-refractivity contribution < 1.29 is 13.2 Å². The first-order chi connectivity index (χ1) is 18.1. The number of ether oxygens (including phenoxy) is 1. The summed E-state index contributed by atoms with van der Waals surface area (Å²) in [6.45, 7) is 11.6. The van der Waals surface area contributed by atoms with Gasteiger partial charge in [0.25, 0.3) is 0 Å². The van der Waals surface area contributed by atoms with Gasteiger partial charge in [-0.2, -0.15) is 0 Å². The van der Waals surface area contributed by atoms with Crippen LogP contribution in [-0.2, 0) is 9.84 Å². The summed E-state index contributed by atoms with van der Waals surface area (Å²) in [5, 5.41) is 10.2. The van der Waals surface area contributed by atoms with Crippen molar-refractivity contribution in [3.63, 3.8) is 0 Å². The van der Waals surface area contributed by atoms with Crippen LogP contribution in [0.3, 0.4) is 0 Å². The molecule has 38 heavy (non-hydrogen) atoms. The summed E-state index contributed by atoms with van der Waals surface area (Å²) >= 11 is 6.54. The third-order valence-electron chi connectivity index (χ3n) is 6.84. The lowest BCUT2D eigenvalue weighted by Gasteiger charge is -2.26. The van der Waals surface area contributed by atoms with E-state index in [0.717, 1.165) is 43.1 Å². The molecule has 1 saturated heterocycles. The van der Waals surface area contributed by atoms with Crippen molar-refractivity contribution in [1.29, 1.82) is 0 Å². The lowest BCUT2D eigenvalue weighted by atomic mass is 9.87. The van der Waals surface area contributed by atoms with Gasteiger partial charge in [-0.3, -0.25) is 0 Å². The number of hydrogen-bond donors (Lipinski definition) is 3. The fourth-order valence-electron chi connectivity index (χ4n) is 4.80. The molecule has 0 saturated carbocycles. The monoisotopic (exact) mass is 555 g/mol. The lowest BCUT2D eigenvalue weighted by Crippen LogP contribution is -2.27. The summed E-state index contributed by atoms with van der Waals surface area (Å²) in [5.74, 6) is 1.34. The van der Waals surface area contributed by atoms with Crippen LogP contribution in [0.2, 0.25) is 5.02 Å². The van der Waals surface area contributed by atoms with Gasteiger partial charge in [-0.1, -0.05) is 23.7 Å². The molecule has 1 aliphatic rings. The summed E-state index contributed by atoms with van der Waals surface area (Å²) in [6.07, 6.45) is 2.27. The fourth-order valence-corrected chi connectivity index (χ4v) is 6.16. The Morgan fingerprint density at radius 2 is 1.63 bits per heavy atom. The van der Waals surface area contributed by atoms with Gasteiger partial charge >= 0.3 is 0 Å². The smallest absolute Gasteiger partial charge is 0.182 e. The van der Waals surface area contributed by atoms with Crippen molar-refractivity contribution in [2.75, 3.05) is 23.7 Å². The molecule has 3 aromatic rings. The average molecular weight is 556 g/mol. The first kappa shape index (κ1) is 28.3. The molecule has 0 aromatic heterocycles. The molecule has 0 bridgehead atoms. The molecule has 8 heteroatoms. The molecule has 0 unspecified atom stereocenters. The highest BCUT2D eigenvalue weighted by atomic mass is 35.5. The first-order valence-electron chi connectivity index (χ1n) is 13.2. The predicted molar refractivity (Wildman–Crippen MR) is 159 cm³/mol. The van der Waals surface area contributed by atoms with Crippen LogP contribution >= 0.6 is 11.6 Å². The van der Waals surface area contributed by atoms with Gasteiger partial charge < -0.3 is 20.7 Å². The van der Waals surface area contributed by atoms with Crippen molar-refractivity contribution in [3.05, 3.63) is 70.7 Å². The summed E-state index contributed by atoms with van der Waals surface area (Å²) in [7, 11) is -3.48. The maximum atomic E-state index is 12.9. The molecule has 0 aliphatic carbocycles. The Hall–Kier alpha value is -2.74. The first-order valence-corrected chi connectivity index (χ1v) is 15.2. The Bertz CT molecular complexity index is 1380. The minimum atomic E-state index is -3.48. The normalized spacial score (nSPS) is 14.6. The molecular weight excluding hydrogens is 518 g/mol. The summed E-state index contributed by atoms with van der Waals surface area (Å²) in [5.41, 5.74) is 5.36. The van der Waals surface area contributed by atoms with E-state index >= 15 is 0 Å². The second kappa shape index (κ2) is 12.0. The standard InChI is InChI=1S/C30H38ClN3O3S/c1-19(2)37-29-18-24(22-12-14-32-15-13-22)21(5)16-28(29)33-23-10-11-25(31)27(17-23)34-26-8-6-7-9-30(26)38(35,36)20(3)4/h6-11,16-20,22,32-34H,12-15H2,1-5H3. The van der Waals surface area contributed by atoms with E-state index in [-0.39, 0.29) is 11.0 Å². The number of benzene rings is 3. The van der Waals surface area contributed by atoms with Gasteiger partial charge in [0.1, 0.15) is 5.75 Å². The molecule has 1 heterocycles. The van der Waals surface area contributed by atoms with Gasteiger partial charge in [-0.25, -0.2) is 8.42 Å². The van der Waals surface area contributed by atoms with Crippen molar-refractivity contribution in [2.24, 2.45) is 0 Å². The van der Waals surface area contributed by atoms with E-state index in [4.69, 9.17) is 16.3 Å². The van der Waals surface area contributed by atoms with E-state index in [1.807, 2.05) is 26.0 Å².